The van der Waals surface area contributed by atoms with Crippen molar-refractivity contribution >= 4 is 17.3 Å². The summed E-state index contributed by atoms with van der Waals surface area (Å²) in [7, 11) is 3.69. The molecule has 0 aliphatic carbocycles. The fourth-order valence-electron chi connectivity index (χ4n) is 1.80. The van der Waals surface area contributed by atoms with E-state index in [1.165, 1.54) is 12.1 Å². The Kier molecular flexibility index (Phi) is 5.19. The maximum absolute atomic E-state index is 10.8. The van der Waals surface area contributed by atoms with Gasteiger partial charge in [0.2, 0.25) is 0 Å². The number of hydrazine groups is 1. The second-order valence-electron chi connectivity index (χ2n) is 5.09. The Balaban J connectivity index is 2.82. The Bertz CT molecular complexity index is 477. The number of rotatable bonds is 7. The normalized spacial score (nSPS) is 13.9. The SMILES string of the molecule is CN(C)CC(C)(O)CNc1cc([N+](=O)[O-])cc(NN)n1. The average Bonchev–Trinajstić information content (AvgIpc) is 2.34. The van der Waals surface area contributed by atoms with Crippen molar-refractivity contribution in [3.8, 4) is 0 Å². The van der Waals surface area contributed by atoms with Crippen LogP contribution in [-0.4, -0.2) is 52.7 Å². The summed E-state index contributed by atoms with van der Waals surface area (Å²) in [5.41, 5.74) is 1.14. The van der Waals surface area contributed by atoms with Gasteiger partial charge < -0.3 is 20.7 Å². The number of aliphatic hydroxyl groups is 1. The van der Waals surface area contributed by atoms with Crippen LogP contribution in [0.25, 0.3) is 0 Å². The molecule has 0 fully saturated rings. The zero-order valence-corrected chi connectivity index (χ0v) is 11.8. The lowest BCUT2D eigenvalue weighted by Gasteiger charge is -2.27. The minimum absolute atomic E-state index is 0.136. The molecule has 1 atom stereocenters. The fourth-order valence-corrected chi connectivity index (χ4v) is 1.80. The van der Waals surface area contributed by atoms with Gasteiger partial charge in [0.25, 0.3) is 5.69 Å². The molecule has 0 aliphatic heterocycles. The zero-order valence-electron chi connectivity index (χ0n) is 11.8. The van der Waals surface area contributed by atoms with Gasteiger partial charge >= 0.3 is 0 Å². The summed E-state index contributed by atoms with van der Waals surface area (Å²) in [6.07, 6.45) is 0. The summed E-state index contributed by atoms with van der Waals surface area (Å²) in [4.78, 5) is 16.1. The van der Waals surface area contributed by atoms with Crippen LogP contribution in [0.15, 0.2) is 12.1 Å². The van der Waals surface area contributed by atoms with Crippen LogP contribution in [0, 0.1) is 10.1 Å². The summed E-state index contributed by atoms with van der Waals surface area (Å²) in [6, 6.07) is 2.51. The molecule has 9 heteroatoms. The first-order chi connectivity index (χ1) is 9.23. The van der Waals surface area contributed by atoms with Crippen molar-refractivity contribution in [2.75, 3.05) is 37.9 Å². The van der Waals surface area contributed by atoms with Gasteiger partial charge in [-0.05, 0) is 21.0 Å². The molecule has 20 heavy (non-hydrogen) atoms. The molecule has 0 saturated carbocycles. The number of hydrogen-bond donors (Lipinski definition) is 4. The summed E-state index contributed by atoms with van der Waals surface area (Å²) in [6.45, 7) is 2.31. The van der Waals surface area contributed by atoms with Crippen molar-refractivity contribution in [1.82, 2.24) is 9.88 Å². The molecule has 0 amide bonds. The quantitative estimate of drug-likeness (QED) is 0.313. The first kappa shape index (κ1) is 16.1. The first-order valence-corrected chi connectivity index (χ1v) is 5.97. The smallest absolute Gasteiger partial charge is 0.276 e. The van der Waals surface area contributed by atoms with Crippen LogP contribution in [0.3, 0.4) is 0 Å². The van der Waals surface area contributed by atoms with E-state index in [1.807, 2.05) is 19.0 Å². The number of pyridine rings is 1. The molecule has 1 heterocycles. The number of nitrogens with one attached hydrogen (secondary N) is 2. The molecule has 0 bridgehead atoms. The van der Waals surface area contributed by atoms with Gasteiger partial charge in [-0.1, -0.05) is 0 Å². The van der Waals surface area contributed by atoms with Gasteiger partial charge in [0.15, 0.2) is 0 Å². The largest absolute Gasteiger partial charge is 0.387 e. The third-order valence-corrected chi connectivity index (χ3v) is 2.48. The standard InChI is InChI=1S/C11H20N6O3/c1-11(18,7-16(2)3)6-13-9-4-8(17(19)20)5-10(14-9)15-12/h4-5,18H,6-7,12H2,1-3H3,(H2,13,14,15). The van der Waals surface area contributed by atoms with Gasteiger partial charge in [0.1, 0.15) is 11.6 Å². The van der Waals surface area contributed by atoms with E-state index < -0.39 is 10.5 Å². The number of nitrogen functional groups attached to an aromatic ring is 1. The van der Waals surface area contributed by atoms with E-state index in [0.717, 1.165) is 0 Å². The lowest BCUT2D eigenvalue weighted by molar-refractivity contribution is -0.384. The highest BCUT2D eigenvalue weighted by molar-refractivity contribution is 5.54. The molecule has 1 aromatic rings. The summed E-state index contributed by atoms with van der Waals surface area (Å²) in [5.74, 6) is 5.66. The monoisotopic (exact) mass is 284 g/mol. The number of likely N-dealkylation sites (N-methyl/N-ethyl adjacent to an activating group) is 1. The van der Waals surface area contributed by atoms with E-state index in [9.17, 15) is 15.2 Å². The maximum Gasteiger partial charge on any atom is 0.276 e. The van der Waals surface area contributed by atoms with Crippen LogP contribution >= 0.6 is 0 Å². The lowest BCUT2D eigenvalue weighted by Crippen LogP contribution is -2.43. The van der Waals surface area contributed by atoms with Gasteiger partial charge in [0, 0.05) is 13.1 Å². The Morgan fingerprint density at radius 2 is 2.10 bits per heavy atom. The maximum atomic E-state index is 10.8. The number of anilines is 2. The molecule has 1 rings (SSSR count). The van der Waals surface area contributed by atoms with Crippen LogP contribution < -0.4 is 16.6 Å². The van der Waals surface area contributed by atoms with Crippen molar-refractivity contribution in [2.45, 2.75) is 12.5 Å². The fraction of sp³-hybridized carbons (Fsp3) is 0.545. The van der Waals surface area contributed by atoms with Crippen molar-refractivity contribution in [2.24, 2.45) is 5.84 Å². The molecule has 1 unspecified atom stereocenters. The Hall–Kier alpha value is -1.97. The van der Waals surface area contributed by atoms with Gasteiger partial charge in [0.05, 0.1) is 22.7 Å². The summed E-state index contributed by atoms with van der Waals surface area (Å²) in [5, 5.41) is 23.8. The Morgan fingerprint density at radius 3 is 2.60 bits per heavy atom. The molecular formula is C11H20N6O3. The van der Waals surface area contributed by atoms with Gasteiger partial charge in [-0.15, -0.1) is 0 Å². The van der Waals surface area contributed by atoms with Crippen molar-refractivity contribution in [3.63, 3.8) is 0 Å². The third-order valence-electron chi connectivity index (χ3n) is 2.48. The first-order valence-electron chi connectivity index (χ1n) is 5.97. The van der Waals surface area contributed by atoms with E-state index in [-0.39, 0.29) is 23.9 Å². The van der Waals surface area contributed by atoms with Gasteiger partial charge in [-0.2, -0.15) is 0 Å². The van der Waals surface area contributed by atoms with E-state index in [2.05, 4.69) is 15.7 Å². The minimum atomic E-state index is -0.994. The number of nitrogens with two attached hydrogens (primary N) is 1. The number of hydrogen-bond acceptors (Lipinski definition) is 8. The second-order valence-corrected chi connectivity index (χ2v) is 5.09. The van der Waals surface area contributed by atoms with Gasteiger partial charge in [-0.25, -0.2) is 10.8 Å². The van der Waals surface area contributed by atoms with E-state index in [0.29, 0.717) is 6.54 Å². The number of nitrogens with zero attached hydrogens (tertiary/aromatic N) is 3. The van der Waals surface area contributed by atoms with E-state index >= 15 is 0 Å². The van der Waals surface area contributed by atoms with Crippen LogP contribution in [0.1, 0.15) is 6.92 Å². The minimum Gasteiger partial charge on any atom is -0.387 e. The topological polar surface area (TPSA) is 130 Å². The molecule has 0 radical (unpaired) electrons. The second kappa shape index (κ2) is 6.46. The molecule has 5 N–H and O–H groups in total. The van der Waals surface area contributed by atoms with E-state index in [4.69, 9.17) is 5.84 Å². The Labute approximate surface area is 116 Å². The van der Waals surface area contributed by atoms with Crippen LogP contribution in [-0.2, 0) is 0 Å². The predicted molar refractivity (Wildman–Crippen MR) is 76.4 cm³/mol. The van der Waals surface area contributed by atoms with Crippen molar-refractivity contribution < 1.29 is 10.0 Å². The lowest BCUT2D eigenvalue weighted by atomic mass is 10.1. The highest BCUT2D eigenvalue weighted by Gasteiger charge is 2.21. The molecule has 9 nitrogen and oxygen atoms in total. The van der Waals surface area contributed by atoms with Crippen molar-refractivity contribution in [3.05, 3.63) is 22.2 Å². The van der Waals surface area contributed by atoms with Gasteiger partial charge in [-0.3, -0.25) is 10.1 Å². The molecule has 1 aromatic heterocycles. The number of nitro groups is 1. The molecular weight excluding hydrogens is 264 g/mol. The Morgan fingerprint density at radius 1 is 1.50 bits per heavy atom. The predicted octanol–water partition coefficient (Wildman–Crippen LogP) is -0.000100. The molecule has 0 saturated heterocycles. The number of aromatic nitrogens is 1. The van der Waals surface area contributed by atoms with Crippen LogP contribution in [0.5, 0.6) is 0 Å². The van der Waals surface area contributed by atoms with Crippen LogP contribution in [0.2, 0.25) is 0 Å². The summed E-state index contributed by atoms with van der Waals surface area (Å²) >= 11 is 0. The average molecular weight is 284 g/mol. The highest BCUT2D eigenvalue weighted by atomic mass is 16.6. The van der Waals surface area contributed by atoms with E-state index in [1.54, 1.807) is 6.92 Å². The molecule has 0 aromatic carbocycles. The summed E-state index contributed by atoms with van der Waals surface area (Å²) < 4.78 is 0. The highest BCUT2D eigenvalue weighted by Crippen LogP contribution is 2.20. The molecule has 0 aliphatic rings. The molecule has 112 valence electrons. The van der Waals surface area contributed by atoms with Crippen LogP contribution in [0.4, 0.5) is 17.3 Å². The third kappa shape index (κ3) is 4.96. The zero-order chi connectivity index (χ0) is 15.3. The molecule has 0 spiro atoms. The van der Waals surface area contributed by atoms with Crippen molar-refractivity contribution in [1.29, 1.82) is 0 Å².